The maximum atomic E-state index is 12.5. The predicted molar refractivity (Wildman–Crippen MR) is 129 cm³/mol. The van der Waals surface area contributed by atoms with Gasteiger partial charge in [-0.25, -0.2) is 9.97 Å². The van der Waals surface area contributed by atoms with Crippen LogP contribution >= 0.6 is 23.4 Å². The van der Waals surface area contributed by atoms with E-state index in [9.17, 15) is 4.79 Å². The van der Waals surface area contributed by atoms with Crippen LogP contribution < -0.4 is 10.2 Å². The average molecular weight is 468 g/mol. The van der Waals surface area contributed by atoms with E-state index >= 15 is 0 Å². The molecule has 32 heavy (non-hydrogen) atoms. The van der Waals surface area contributed by atoms with Crippen LogP contribution in [0.5, 0.6) is 0 Å². The van der Waals surface area contributed by atoms with Crippen LogP contribution in [-0.4, -0.2) is 33.9 Å². The predicted octanol–water partition coefficient (Wildman–Crippen LogP) is 4.98. The summed E-state index contributed by atoms with van der Waals surface area (Å²) >= 11 is 7.80. The number of hydrogen-bond acceptors (Lipinski definition) is 6. The number of rotatable bonds is 7. The summed E-state index contributed by atoms with van der Waals surface area (Å²) in [5.74, 6) is 2.18. The Labute approximate surface area is 197 Å². The Bertz CT molecular complexity index is 1060. The number of benzene rings is 1. The molecule has 0 unspecified atom stereocenters. The minimum Gasteiger partial charge on any atom is -0.356 e. The lowest BCUT2D eigenvalue weighted by atomic mass is 9.99. The fourth-order valence-electron chi connectivity index (χ4n) is 3.58. The molecule has 1 amide bonds. The van der Waals surface area contributed by atoms with Crippen molar-refractivity contribution >= 4 is 35.1 Å². The quantitative estimate of drug-likeness (QED) is 0.300. The van der Waals surface area contributed by atoms with Gasteiger partial charge in [0.05, 0.1) is 12.2 Å². The number of nitrogens with zero attached hydrogens (tertiary/aromatic N) is 4. The van der Waals surface area contributed by atoms with Gasteiger partial charge in [-0.15, -0.1) is 0 Å². The lowest BCUT2D eigenvalue weighted by molar-refractivity contribution is 0.0950. The van der Waals surface area contributed by atoms with E-state index in [2.05, 4.69) is 27.1 Å². The molecule has 1 saturated heterocycles. The van der Waals surface area contributed by atoms with E-state index in [4.69, 9.17) is 16.6 Å². The Balaban J connectivity index is 1.37. The zero-order chi connectivity index (χ0) is 22.3. The first-order valence-electron chi connectivity index (χ1n) is 10.8. The highest BCUT2D eigenvalue weighted by Crippen LogP contribution is 2.27. The second-order valence-electron chi connectivity index (χ2n) is 7.99. The molecule has 0 spiro atoms. The van der Waals surface area contributed by atoms with Gasteiger partial charge in [-0.1, -0.05) is 48.5 Å². The monoisotopic (exact) mass is 467 g/mol. The molecular formula is C24H26ClN5OS. The molecular weight excluding hydrogens is 442 g/mol. The van der Waals surface area contributed by atoms with Gasteiger partial charge in [0.2, 0.25) is 0 Å². The highest BCUT2D eigenvalue weighted by Gasteiger charge is 2.18. The van der Waals surface area contributed by atoms with Gasteiger partial charge in [0.1, 0.15) is 11.0 Å². The molecule has 0 saturated carbocycles. The standard InChI is InChI=1S/C24H26ClN5OS/c1-17-8-11-30(12-9-17)22-14-21(25)28-24(29-22)32-16-18-5-4-6-19(13-18)23(31)27-15-20-7-2-3-10-26-20/h2-7,10,13-14,17H,8-9,11-12,15-16H2,1H3,(H,27,31). The first-order valence-corrected chi connectivity index (χ1v) is 12.1. The Kier molecular flexibility index (Phi) is 7.60. The van der Waals surface area contributed by atoms with E-state index in [-0.39, 0.29) is 5.91 Å². The van der Waals surface area contributed by atoms with Gasteiger partial charge in [0.25, 0.3) is 5.91 Å². The second-order valence-corrected chi connectivity index (χ2v) is 9.32. The van der Waals surface area contributed by atoms with Crippen molar-refractivity contribution in [3.8, 4) is 0 Å². The molecule has 0 atom stereocenters. The molecule has 0 aliphatic carbocycles. The molecule has 3 aromatic rings. The highest BCUT2D eigenvalue weighted by molar-refractivity contribution is 7.98. The topological polar surface area (TPSA) is 71.0 Å². The molecule has 0 bridgehead atoms. The second kappa shape index (κ2) is 10.8. The van der Waals surface area contributed by atoms with Crippen molar-refractivity contribution < 1.29 is 4.79 Å². The number of carbonyl (C=O) groups is 1. The van der Waals surface area contributed by atoms with Gasteiger partial charge in [0.15, 0.2) is 5.16 Å². The molecule has 1 aromatic carbocycles. The fraction of sp³-hybridized carbons (Fsp3) is 0.333. The van der Waals surface area contributed by atoms with E-state index in [0.29, 0.717) is 28.2 Å². The van der Waals surface area contributed by atoms with Crippen molar-refractivity contribution in [2.24, 2.45) is 5.92 Å². The number of piperidine rings is 1. The zero-order valence-electron chi connectivity index (χ0n) is 18.0. The first-order chi connectivity index (χ1) is 15.6. The Morgan fingerprint density at radius 1 is 1.16 bits per heavy atom. The number of amides is 1. The third-order valence-electron chi connectivity index (χ3n) is 5.48. The number of pyridine rings is 1. The van der Waals surface area contributed by atoms with Gasteiger partial charge in [-0.3, -0.25) is 9.78 Å². The van der Waals surface area contributed by atoms with Crippen LogP contribution in [0.25, 0.3) is 0 Å². The summed E-state index contributed by atoms with van der Waals surface area (Å²) in [6.45, 7) is 4.67. The third-order valence-corrected chi connectivity index (χ3v) is 6.59. The van der Waals surface area contributed by atoms with E-state index in [1.165, 1.54) is 24.6 Å². The number of hydrogen-bond donors (Lipinski definition) is 1. The summed E-state index contributed by atoms with van der Waals surface area (Å²) in [7, 11) is 0. The lowest BCUT2D eigenvalue weighted by Crippen LogP contribution is -2.33. The summed E-state index contributed by atoms with van der Waals surface area (Å²) in [6, 6.07) is 15.1. The number of aromatic nitrogens is 3. The van der Waals surface area contributed by atoms with Gasteiger partial charge >= 0.3 is 0 Å². The molecule has 3 heterocycles. The highest BCUT2D eigenvalue weighted by atomic mass is 35.5. The van der Waals surface area contributed by atoms with Crippen molar-refractivity contribution in [3.63, 3.8) is 0 Å². The molecule has 1 aliphatic rings. The van der Waals surface area contributed by atoms with Crippen LogP contribution in [0.3, 0.4) is 0 Å². The minimum absolute atomic E-state index is 0.122. The molecule has 8 heteroatoms. The molecule has 4 rings (SSSR count). The van der Waals surface area contributed by atoms with Crippen LogP contribution in [0.1, 0.15) is 41.4 Å². The maximum Gasteiger partial charge on any atom is 0.251 e. The molecule has 2 aromatic heterocycles. The van der Waals surface area contributed by atoms with E-state index < -0.39 is 0 Å². The largest absolute Gasteiger partial charge is 0.356 e. The maximum absolute atomic E-state index is 12.5. The van der Waals surface area contributed by atoms with E-state index in [0.717, 1.165) is 36.1 Å². The molecule has 1 aliphatic heterocycles. The Hall–Kier alpha value is -2.64. The Morgan fingerprint density at radius 3 is 2.78 bits per heavy atom. The van der Waals surface area contributed by atoms with E-state index in [1.807, 2.05) is 48.5 Å². The van der Waals surface area contributed by atoms with Crippen LogP contribution in [0.2, 0.25) is 5.15 Å². The summed E-state index contributed by atoms with van der Waals surface area (Å²) in [5.41, 5.74) is 2.47. The van der Waals surface area contributed by atoms with Crippen molar-refractivity contribution in [1.29, 1.82) is 0 Å². The molecule has 1 N–H and O–H groups in total. The number of halogens is 1. The minimum atomic E-state index is -0.122. The number of anilines is 1. The van der Waals surface area contributed by atoms with Crippen LogP contribution in [-0.2, 0) is 12.3 Å². The summed E-state index contributed by atoms with van der Waals surface area (Å²) in [4.78, 5) is 28.2. The van der Waals surface area contributed by atoms with Crippen molar-refractivity contribution in [3.05, 3.63) is 76.7 Å². The summed E-state index contributed by atoms with van der Waals surface area (Å²) in [5, 5.41) is 4.02. The Morgan fingerprint density at radius 2 is 2.00 bits per heavy atom. The van der Waals surface area contributed by atoms with Gasteiger partial charge < -0.3 is 10.2 Å². The molecule has 1 fully saturated rings. The summed E-state index contributed by atoms with van der Waals surface area (Å²) in [6.07, 6.45) is 4.05. The van der Waals surface area contributed by atoms with Crippen LogP contribution in [0.4, 0.5) is 5.82 Å². The third kappa shape index (κ3) is 6.20. The SMILES string of the molecule is CC1CCN(c2cc(Cl)nc(SCc3cccc(C(=O)NCc4ccccn4)c3)n2)CC1. The van der Waals surface area contributed by atoms with Crippen molar-refractivity contribution in [2.75, 3.05) is 18.0 Å². The zero-order valence-corrected chi connectivity index (χ0v) is 19.6. The molecule has 166 valence electrons. The van der Waals surface area contributed by atoms with Gasteiger partial charge in [-0.05, 0) is 48.6 Å². The van der Waals surface area contributed by atoms with Crippen molar-refractivity contribution in [2.45, 2.75) is 37.2 Å². The first kappa shape index (κ1) is 22.6. The lowest BCUT2D eigenvalue weighted by Gasteiger charge is -2.31. The normalized spacial score (nSPS) is 14.4. The van der Waals surface area contributed by atoms with Crippen molar-refractivity contribution in [1.82, 2.24) is 20.3 Å². The van der Waals surface area contributed by atoms with Crippen LogP contribution in [0, 0.1) is 5.92 Å². The summed E-state index contributed by atoms with van der Waals surface area (Å²) < 4.78 is 0. The van der Waals surface area contributed by atoms with Crippen LogP contribution in [0.15, 0.2) is 59.9 Å². The molecule has 6 nitrogen and oxygen atoms in total. The number of thioether (sulfide) groups is 1. The number of nitrogens with one attached hydrogen (secondary N) is 1. The number of carbonyl (C=O) groups excluding carboxylic acids is 1. The smallest absolute Gasteiger partial charge is 0.251 e. The molecule has 0 radical (unpaired) electrons. The average Bonchev–Trinajstić information content (AvgIpc) is 2.82. The van der Waals surface area contributed by atoms with Gasteiger partial charge in [0, 0.05) is 36.7 Å². The van der Waals surface area contributed by atoms with Gasteiger partial charge in [-0.2, -0.15) is 0 Å². The fourth-order valence-corrected chi connectivity index (χ4v) is 4.60. The van der Waals surface area contributed by atoms with E-state index in [1.54, 1.807) is 6.20 Å².